The van der Waals surface area contributed by atoms with Gasteiger partial charge in [0.15, 0.2) is 0 Å². The Bertz CT molecular complexity index is 448. The van der Waals surface area contributed by atoms with Crippen LogP contribution in [0.3, 0.4) is 0 Å². The molecule has 0 aromatic carbocycles. The molecule has 0 saturated carbocycles. The Hall–Kier alpha value is -1.49. The Kier molecular flexibility index (Phi) is 5.42. The molecule has 106 valence electrons. The highest BCUT2D eigenvalue weighted by molar-refractivity contribution is 5.95. The van der Waals surface area contributed by atoms with Gasteiger partial charge in [-0.1, -0.05) is 13.8 Å². The fourth-order valence-corrected chi connectivity index (χ4v) is 1.89. The maximum Gasteiger partial charge on any atom is 0.253 e. The topological polar surface area (TPSA) is 75.1 Å². The molecule has 0 aliphatic rings. The zero-order valence-corrected chi connectivity index (χ0v) is 12.2. The molecule has 5 heteroatoms. The van der Waals surface area contributed by atoms with Gasteiger partial charge in [0.1, 0.15) is 0 Å². The van der Waals surface area contributed by atoms with Crippen molar-refractivity contribution in [2.45, 2.75) is 52.5 Å². The quantitative estimate of drug-likeness (QED) is 0.819. The van der Waals surface area contributed by atoms with Gasteiger partial charge < -0.3 is 10.4 Å². The molecule has 0 bridgehead atoms. The molecule has 1 atom stereocenters. The van der Waals surface area contributed by atoms with Crippen LogP contribution in [0.1, 0.15) is 55.4 Å². The monoisotopic (exact) mass is 265 g/mol. The van der Waals surface area contributed by atoms with Crippen molar-refractivity contribution in [2.24, 2.45) is 0 Å². The van der Waals surface area contributed by atoms with E-state index in [1.165, 1.54) is 0 Å². The van der Waals surface area contributed by atoms with Crippen LogP contribution in [0.4, 0.5) is 0 Å². The summed E-state index contributed by atoms with van der Waals surface area (Å²) in [5.41, 5.74) is 1.61. The lowest BCUT2D eigenvalue weighted by Gasteiger charge is -2.29. The summed E-state index contributed by atoms with van der Waals surface area (Å²) in [6.07, 6.45) is 1.96. The normalized spacial score (nSPS) is 13.9. The fourth-order valence-electron chi connectivity index (χ4n) is 1.89. The smallest absolute Gasteiger partial charge is 0.253 e. The van der Waals surface area contributed by atoms with E-state index in [0.29, 0.717) is 24.1 Å². The molecule has 1 unspecified atom stereocenters. The Morgan fingerprint density at radius 3 is 2.63 bits per heavy atom. The van der Waals surface area contributed by atoms with Crippen molar-refractivity contribution in [3.05, 3.63) is 23.0 Å². The molecular formula is C14H23N3O2. The molecule has 1 aromatic rings. The minimum absolute atomic E-state index is 0.0544. The second-order valence-corrected chi connectivity index (χ2v) is 5.04. The zero-order valence-electron chi connectivity index (χ0n) is 12.2. The number of carbonyl (C=O) groups is 1. The van der Waals surface area contributed by atoms with Crippen LogP contribution in [0.2, 0.25) is 0 Å². The van der Waals surface area contributed by atoms with E-state index < -0.39 is 5.54 Å². The van der Waals surface area contributed by atoms with Gasteiger partial charge in [-0.2, -0.15) is 10.2 Å². The number of aromatic nitrogens is 2. The lowest BCUT2D eigenvalue weighted by atomic mass is 9.94. The number of aliphatic hydroxyl groups excluding tert-OH is 1. The molecule has 1 amide bonds. The van der Waals surface area contributed by atoms with Crippen molar-refractivity contribution in [3.63, 3.8) is 0 Å². The first-order valence-electron chi connectivity index (χ1n) is 6.72. The molecule has 5 nitrogen and oxygen atoms in total. The van der Waals surface area contributed by atoms with Crippen LogP contribution in [-0.2, 0) is 6.42 Å². The lowest BCUT2D eigenvalue weighted by Crippen LogP contribution is -2.46. The predicted molar refractivity (Wildman–Crippen MR) is 74.0 cm³/mol. The summed E-state index contributed by atoms with van der Waals surface area (Å²) in [5, 5.41) is 20.1. The van der Waals surface area contributed by atoms with Crippen LogP contribution in [-0.4, -0.2) is 33.4 Å². The molecule has 19 heavy (non-hydrogen) atoms. The van der Waals surface area contributed by atoms with Crippen molar-refractivity contribution in [3.8, 4) is 0 Å². The third kappa shape index (κ3) is 3.99. The maximum atomic E-state index is 12.4. The highest BCUT2D eigenvalue weighted by Crippen LogP contribution is 2.16. The summed E-state index contributed by atoms with van der Waals surface area (Å²) in [6, 6.07) is 1.76. The largest absolute Gasteiger partial charge is 0.396 e. The highest BCUT2D eigenvalue weighted by Gasteiger charge is 2.25. The number of rotatable bonds is 6. The molecule has 0 aliphatic carbocycles. The van der Waals surface area contributed by atoms with Crippen LogP contribution in [0, 0.1) is 6.92 Å². The maximum absolute atomic E-state index is 12.4. The molecule has 0 fully saturated rings. The summed E-state index contributed by atoms with van der Waals surface area (Å²) in [6.45, 7) is 7.75. The average molecular weight is 265 g/mol. The molecule has 0 spiro atoms. The number of nitrogens with one attached hydrogen (secondary N) is 1. The summed E-state index contributed by atoms with van der Waals surface area (Å²) in [5.74, 6) is -0.146. The van der Waals surface area contributed by atoms with Gasteiger partial charge >= 0.3 is 0 Å². The molecule has 2 N–H and O–H groups in total. The molecule has 1 rings (SSSR count). The van der Waals surface area contributed by atoms with E-state index in [1.807, 2.05) is 27.7 Å². The summed E-state index contributed by atoms with van der Waals surface area (Å²) >= 11 is 0. The first kappa shape index (κ1) is 15.6. The molecule has 0 aliphatic heterocycles. The van der Waals surface area contributed by atoms with Crippen LogP contribution >= 0.6 is 0 Å². The van der Waals surface area contributed by atoms with Gasteiger partial charge in [-0.05, 0) is 39.2 Å². The number of carbonyl (C=O) groups excluding carboxylic acids is 1. The highest BCUT2D eigenvalue weighted by atomic mass is 16.3. The minimum Gasteiger partial charge on any atom is -0.396 e. The van der Waals surface area contributed by atoms with E-state index in [9.17, 15) is 4.79 Å². The first-order valence-corrected chi connectivity index (χ1v) is 6.72. The number of aryl methyl sites for hydroxylation is 2. The van der Waals surface area contributed by atoms with Crippen molar-refractivity contribution in [1.29, 1.82) is 0 Å². The summed E-state index contributed by atoms with van der Waals surface area (Å²) in [4.78, 5) is 12.4. The van der Waals surface area contributed by atoms with Crippen LogP contribution in [0.5, 0.6) is 0 Å². The number of hydrogen-bond donors (Lipinski definition) is 2. The van der Waals surface area contributed by atoms with E-state index in [1.54, 1.807) is 6.07 Å². The SMILES string of the molecule is CCc1nnc(C)cc1C(=O)NC(C)(CC)CCO. The first-order chi connectivity index (χ1) is 8.95. The third-order valence-electron chi connectivity index (χ3n) is 3.43. The summed E-state index contributed by atoms with van der Waals surface area (Å²) in [7, 11) is 0. The number of amides is 1. The van der Waals surface area contributed by atoms with Gasteiger partial charge in [0.2, 0.25) is 0 Å². The Morgan fingerprint density at radius 2 is 2.11 bits per heavy atom. The molecule has 1 aromatic heterocycles. The van der Waals surface area contributed by atoms with E-state index in [-0.39, 0.29) is 12.5 Å². The van der Waals surface area contributed by atoms with Crippen LogP contribution < -0.4 is 5.32 Å². The Balaban J connectivity index is 2.97. The van der Waals surface area contributed by atoms with Crippen molar-refractivity contribution >= 4 is 5.91 Å². The zero-order chi connectivity index (χ0) is 14.5. The van der Waals surface area contributed by atoms with Crippen LogP contribution in [0.15, 0.2) is 6.07 Å². The van der Waals surface area contributed by atoms with Gasteiger partial charge in [0.25, 0.3) is 5.91 Å². The van der Waals surface area contributed by atoms with Crippen molar-refractivity contribution < 1.29 is 9.90 Å². The molecular weight excluding hydrogens is 242 g/mol. The number of nitrogens with zero attached hydrogens (tertiary/aromatic N) is 2. The second kappa shape index (κ2) is 6.61. The van der Waals surface area contributed by atoms with E-state index >= 15 is 0 Å². The Morgan fingerprint density at radius 1 is 1.42 bits per heavy atom. The van der Waals surface area contributed by atoms with E-state index in [4.69, 9.17) is 5.11 Å². The van der Waals surface area contributed by atoms with Gasteiger partial charge in [0.05, 0.1) is 17.0 Å². The minimum atomic E-state index is -0.395. The lowest BCUT2D eigenvalue weighted by molar-refractivity contribution is 0.0884. The Labute approximate surface area is 114 Å². The predicted octanol–water partition coefficient (Wildman–Crippen LogP) is 1.63. The number of hydrogen-bond acceptors (Lipinski definition) is 4. The molecule has 1 heterocycles. The van der Waals surface area contributed by atoms with Gasteiger partial charge in [-0.3, -0.25) is 4.79 Å². The second-order valence-electron chi connectivity index (χ2n) is 5.04. The fraction of sp³-hybridized carbons (Fsp3) is 0.643. The van der Waals surface area contributed by atoms with Gasteiger partial charge in [-0.25, -0.2) is 0 Å². The summed E-state index contributed by atoms with van der Waals surface area (Å²) < 4.78 is 0. The van der Waals surface area contributed by atoms with Crippen molar-refractivity contribution in [2.75, 3.05) is 6.61 Å². The van der Waals surface area contributed by atoms with E-state index in [0.717, 1.165) is 12.1 Å². The third-order valence-corrected chi connectivity index (χ3v) is 3.43. The van der Waals surface area contributed by atoms with Gasteiger partial charge in [-0.15, -0.1) is 0 Å². The number of aliphatic hydroxyl groups is 1. The van der Waals surface area contributed by atoms with E-state index in [2.05, 4.69) is 15.5 Å². The molecule has 0 saturated heterocycles. The average Bonchev–Trinajstić information content (AvgIpc) is 2.38. The van der Waals surface area contributed by atoms with Crippen LogP contribution in [0.25, 0.3) is 0 Å². The standard InChI is InChI=1S/C14H23N3O2/c1-5-12-11(9-10(3)16-17-12)13(19)15-14(4,6-2)7-8-18/h9,18H,5-8H2,1-4H3,(H,15,19). The van der Waals surface area contributed by atoms with Gasteiger partial charge in [0, 0.05) is 12.1 Å². The molecule has 0 radical (unpaired) electrons. The van der Waals surface area contributed by atoms with Crippen molar-refractivity contribution in [1.82, 2.24) is 15.5 Å².